The number of piperazine rings is 1. The smallest absolute Gasteiger partial charge is 0.410 e. The predicted octanol–water partition coefficient (Wildman–Crippen LogP) is 1.59. The molecular formula is C13H19BrN4O3. The highest BCUT2D eigenvalue weighted by Gasteiger charge is 2.27. The van der Waals surface area contributed by atoms with E-state index in [-0.39, 0.29) is 11.7 Å². The molecular weight excluding hydrogens is 340 g/mol. The monoisotopic (exact) mass is 358 g/mol. The van der Waals surface area contributed by atoms with Crippen LogP contribution in [-0.4, -0.2) is 52.7 Å². The number of rotatable bonds is 1. The van der Waals surface area contributed by atoms with E-state index in [0.717, 1.165) is 0 Å². The number of carbonyl (C=O) groups excluding carboxylic acids is 1. The molecule has 0 saturated carbocycles. The molecule has 7 nitrogen and oxygen atoms in total. The number of amides is 1. The Morgan fingerprint density at radius 2 is 1.95 bits per heavy atom. The highest BCUT2D eigenvalue weighted by Crippen LogP contribution is 2.14. The van der Waals surface area contributed by atoms with Crippen LogP contribution in [0.3, 0.4) is 0 Å². The van der Waals surface area contributed by atoms with Crippen molar-refractivity contribution >= 4 is 27.8 Å². The van der Waals surface area contributed by atoms with Crippen LogP contribution < -0.4 is 10.5 Å². The lowest BCUT2D eigenvalue weighted by Gasteiger charge is -2.35. The summed E-state index contributed by atoms with van der Waals surface area (Å²) in [7, 11) is 0. The summed E-state index contributed by atoms with van der Waals surface area (Å²) in [5, 5.41) is 0. The molecule has 0 spiro atoms. The van der Waals surface area contributed by atoms with Crippen LogP contribution in [0.25, 0.3) is 0 Å². The first kappa shape index (κ1) is 15.8. The Kier molecular flexibility index (Phi) is 4.55. The molecule has 2 heterocycles. The van der Waals surface area contributed by atoms with Crippen molar-refractivity contribution in [3.05, 3.63) is 21.2 Å². The standard InChI is InChI=1S/C13H19BrN4O3/c1-13(2,3)21-12(20)18-6-4-17(5-7-18)10-11(19)15-8-9(14)16-10/h8H,4-7H2,1-3H3,(H,15,19). The van der Waals surface area contributed by atoms with Gasteiger partial charge in [0.05, 0.1) is 0 Å². The maximum Gasteiger partial charge on any atom is 0.410 e. The van der Waals surface area contributed by atoms with Gasteiger partial charge in [-0.1, -0.05) is 0 Å². The average Bonchev–Trinajstić information content (AvgIpc) is 2.40. The quantitative estimate of drug-likeness (QED) is 0.824. The SMILES string of the molecule is CC(C)(C)OC(=O)N1CCN(c2nc(Br)c[nH]c2=O)CC1. The Balaban J connectivity index is 1.99. The third kappa shape index (κ3) is 4.20. The molecule has 1 N–H and O–H groups in total. The molecule has 1 saturated heterocycles. The predicted molar refractivity (Wildman–Crippen MR) is 82.6 cm³/mol. The summed E-state index contributed by atoms with van der Waals surface area (Å²) in [5.74, 6) is 0.369. The number of ether oxygens (including phenoxy) is 1. The van der Waals surface area contributed by atoms with Crippen molar-refractivity contribution < 1.29 is 9.53 Å². The van der Waals surface area contributed by atoms with Gasteiger partial charge in [0.25, 0.3) is 5.56 Å². The Labute approximate surface area is 131 Å². The van der Waals surface area contributed by atoms with Crippen LogP contribution >= 0.6 is 15.9 Å². The average molecular weight is 359 g/mol. The van der Waals surface area contributed by atoms with Gasteiger partial charge in [-0.25, -0.2) is 9.78 Å². The summed E-state index contributed by atoms with van der Waals surface area (Å²) in [5.41, 5.74) is -0.735. The molecule has 1 aliphatic rings. The third-order valence-corrected chi connectivity index (χ3v) is 3.38. The minimum absolute atomic E-state index is 0.232. The zero-order valence-corrected chi connectivity index (χ0v) is 13.9. The molecule has 0 radical (unpaired) electrons. The van der Waals surface area contributed by atoms with Gasteiger partial charge in [0, 0.05) is 32.4 Å². The summed E-state index contributed by atoms with van der Waals surface area (Å²) in [4.78, 5) is 34.1. The van der Waals surface area contributed by atoms with E-state index in [1.165, 1.54) is 6.20 Å². The second-order valence-corrected chi connectivity index (χ2v) is 6.64. The molecule has 0 aromatic carbocycles. The summed E-state index contributed by atoms with van der Waals surface area (Å²) >= 11 is 3.24. The molecule has 8 heteroatoms. The number of nitrogens with one attached hydrogen (secondary N) is 1. The molecule has 1 fully saturated rings. The van der Waals surface area contributed by atoms with E-state index in [9.17, 15) is 9.59 Å². The lowest BCUT2D eigenvalue weighted by Crippen LogP contribution is -2.51. The van der Waals surface area contributed by atoms with E-state index in [4.69, 9.17) is 4.74 Å². The molecule has 21 heavy (non-hydrogen) atoms. The molecule has 1 amide bonds. The Bertz CT molecular complexity index is 574. The largest absolute Gasteiger partial charge is 0.444 e. The lowest BCUT2D eigenvalue weighted by atomic mass is 10.2. The van der Waals surface area contributed by atoms with Gasteiger partial charge in [0.2, 0.25) is 0 Å². The number of carbonyl (C=O) groups is 1. The zero-order chi connectivity index (χ0) is 15.6. The van der Waals surface area contributed by atoms with E-state index in [2.05, 4.69) is 25.9 Å². The maximum atomic E-state index is 12.0. The van der Waals surface area contributed by atoms with Crippen molar-refractivity contribution in [2.24, 2.45) is 0 Å². The first-order valence-electron chi connectivity index (χ1n) is 6.74. The van der Waals surface area contributed by atoms with Gasteiger partial charge in [0.15, 0.2) is 5.82 Å². The summed E-state index contributed by atoms with van der Waals surface area (Å²) in [6.45, 7) is 7.62. The fourth-order valence-corrected chi connectivity index (χ4v) is 2.30. The first-order valence-corrected chi connectivity index (χ1v) is 7.54. The van der Waals surface area contributed by atoms with Gasteiger partial charge in [-0.2, -0.15) is 0 Å². The number of halogens is 1. The molecule has 2 rings (SSSR count). The van der Waals surface area contributed by atoms with Crippen LogP contribution in [0, 0.1) is 0 Å². The number of aromatic nitrogens is 2. The molecule has 116 valence electrons. The second-order valence-electron chi connectivity index (χ2n) is 5.83. The lowest BCUT2D eigenvalue weighted by molar-refractivity contribution is 0.0240. The molecule has 1 aliphatic heterocycles. The molecule has 0 unspecified atom stereocenters. The number of anilines is 1. The van der Waals surface area contributed by atoms with Crippen molar-refractivity contribution in [2.75, 3.05) is 31.1 Å². The number of aromatic amines is 1. The van der Waals surface area contributed by atoms with Crippen LogP contribution in [0.5, 0.6) is 0 Å². The van der Waals surface area contributed by atoms with Gasteiger partial charge in [-0.05, 0) is 36.7 Å². The molecule has 0 atom stereocenters. The van der Waals surface area contributed by atoms with Gasteiger partial charge in [-0.3, -0.25) is 4.79 Å². The Morgan fingerprint density at radius 1 is 1.33 bits per heavy atom. The molecule has 1 aromatic rings. The Hall–Kier alpha value is -1.57. The summed E-state index contributed by atoms with van der Waals surface area (Å²) in [6, 6.07) is 0. The van der Waals surface area contributed by atoms with Gasteiger partial charge in [0.1, 0.15) is 10.2 Å². The van der Waals surface area contributed by atoms with Crippen molar-refractivity contribution in [3.63, 3.8) is 0 Å². The van der Waals surface area contributed by atoms with Crippen molar-refractivity contribution in [3.8, 4) is 0 Å². The first-order chi connectivity index (χ1) is 9.76. The summed E-state index contributed by atoms with van der Waals surface area (Å²) in [6.07, 6.45) is 1.18. The fraction of sp³-hybridized carbons (Fsp3) is 0.615. The minimum atomic E-state index is -0.503. The second kappa shape index (κ2) is 6.05. The topological polar surface area (TPSA) is 78.5 Å². The number of hydrogen-bond donors (Lipinski definition) is 1. The van der Waals surface area contributed by atoms with Crippen LogP contribution in [0.1, 0.15) is 20.8 Å². The number of hydrogen-bond acceptors (Lipinski definition) is 5. The minimum Gasteiger partial charge on any atom is -0.444 e. The highest BCUT2D eigenvalue weighted by atomic mass is 79.9. The number of H-pyrrole nitrogens is 1. The summed E-state index contributed by atoms with van der Waals surface area (Å²) < 4.78 is 5.91. The number of nitrogens with zero attached hydrogens (tertiary/aromatic N) is 3. The van der Waals surface area contributed by atoms with E-state index >= 15 is 0 Å². The van der Waals surface area contributed by atoms with Crippen LogP contribution in [0.4, 0.5) is 10.6 Å². The molecule has 0 bridgehead atoms. The molecule has 0 aliphatic carbocycles. The van der Waals surface area contributed by atoms with Crippen LogP contribution in [0.2, 0.25) is 0 Å². The van der Waals surface area contributed by atoms with Gasteiger partial charge < -0.3 is 19.5 Å². The van der Waals surface area contributed by atoms with E-state index in [1.807, 2.05) is 25.7 Å². The van der Waals surface area contributed by atoms with Crippen molar-refractivity contribution in [1.82, 2.24) is 14.9 Å². The van der Waals surface area contributed by atoms with Gasteiger partial charge in [-0.15, -0.1) is 0 Å². The zero-order valence-electron chi connectivity index (χ0n) is 12.4. The van der Waals surface area contributed by atoms with Crippen LogP contribution in [0.15, 0.2) is 15.6 Å². The van der Waals surface area contributed by atoms with Crippen LogP contribution in [-0.2, 0) is 4.74 Å². The fourth-order valence-electron chi connectivity index (χ4n) is 2.02. The van der Waals surface area contributed by atoms with Crippen molar-refractivity contribution in [1.29, 1.82) is 0 Å². The van der Waals surface area contributed by atoms with E-state index in [0.29, 0.717) is 36.6 Å². The van der Waals surface area contributed by atoms with Crippen molar-refractivity contribution in [2.45, 2.75) is 26.4 Å². The van der Waals surface area contributed by atoms with Gasteiger partial charge >= 0.3 is 6.09 Å². The van der Waals surface area contributed by atoms with E-state index in [1.54, 1.807) is 4.90 Å². The third-order valence-electron chi connectivity index (χ3n) is 2.97. The normalized spacial score (nSPS) is 16.0. The molecule has 1 aromatic heterocycles. The van der Waals surface area contributed by atoms with E-state index < -0.39 is 5.60 Å². The highest BCUT2D eigenvalue weighted by molar-refractivity contribution is 9.10. The maximum absolute atomic E-state index is 12.0. The Morgan fingerprint density at radius 3 is 2.52 bits per heavy atom.